The van der Waals surface area contributed by atoms with Gasteiger partial charge in [0.2, 0.25) is 5.91 Å². The number of likely N-dealkylation sites (tertiary alicyclic amines) is 1. The number of hydrogen-bond acceptors (Lipinski definition) is 3. The van der Waals surface area contributed by atoms with Crippen LogP contribution in [0.5, 0.6) is 0 Å². The average molecular weight is 312 g/mol. The highest BCUT2D eigenvalue weighted by molar-refractivity contribution is 7.85. The van der Waals surface area contributed by atoms with E-state index in [4.69, 9.17) is 0 Å². The van der Waals surface area contributed by atoms with E-state index >= 15 is 0 Å². The first kappa shape index (κ1) is 15.5. The van der Waals surface area contributed by atoms with E-state index in [-0.39, 0.29) is 0 Å². The van der Waals surface area contributed by atoms with Crippen molar-refractivity contribution in [2.24, 2.45) is 11.8 Å². The molecule has 5 heteroatoms. The van der Waals surface area contributed by atoms with Crippen LogP contribution in [0.2, 0.25) is 0 Å². The molecule has 0 bridgehead atoms. The fourth-order valence-electron chi connectivity index (χ4n) is 4.34. The van der Waals surface area contributed by atoms with Crippen LogP contribution in [0.1, 0.15) is 39.0 Å². The second-order valence-electron chi connectivity index (χ2n) is 6.99. The summed E-state index contributed by atoms with van der Waals surface area (Å²) in [5, 5.41) is 0. The van der Waals surface area contributed by atoms with Crippen molar-refractivity contribution in [3.05, 3.63) is 0 Å². The molecule has 1 saturated carbocycles. The van der Waals surface area contributed by atoms with Crippen LogP contribution in [0.15, 0.2) is 0 Å². The van der Waals surface area contributed by atoms with Gasteiger partial charge in [-0.2, -0.15) is 0 Å². The van der Waals surface area contributed by atoms with Gasteiger partial charge in [-0.3, -0.25) is 13.9 Å². The van der Waals surface area contributed by atoms with Gasteiger partial charge in [-0.1, -0.05) is 19.8 Å². The minimum Gasteiger partial charge on any atom is -0.338 e. The molecule has 120 valence electrons. The topological polar surface area (TPSA) is 40.6 Å². The molecule has 3 aliphatic rings. The normalized spacial score (nSPS) is 35.5. The molecule has 0 N–H and O–H groups in total. The van der Waals surface area contributed by atoms with Gasteiger partial charge in [0, 0.05) is 48.0 Å². The van der Waals surface area contributed by atoms with Gasteiger partial charge in [-0.05, 0) is 31.1 Å². The Morgan fingerprint density at radius 2 is 1.81 bits per heavy atom. The van der Waals surface area contributed by atoms with Gasteiger partial charge in [0.25, 0.3) is 0 Å². The third-order valence-electron chi connectivity index (χ3n) is 5.69. The molecule has 1 amide bonds. The summed E-state index contributed by atoms with van der Waals surface area (Å²) >= 11 is 0. The molecule has 21 heavy (non-hydrogen) atoms. The lowest BCUT2D eigenvalue weighted by Gasteiger charge is -2.47. The maximum atomic E-state index is 12.7. The smallest absolute Gasteiger partial charge is 0.237 e. The molecule has 0 spiro atoms. The zero-order chi connectivity index (χ0) is 14.8. The van der Waals surface area contributed by atoms with Gasteiger partial charge in [0.15, 0.2) is 0 Å². The maximum Gasteiger partial charge on any atom is 0.237 e. The third-order valence-corrected chi connectivity index (χ3v) is 6.96. The molecular formula is C16H28N2O2S. The number of fused-ring (bicyclic) bond motifs is 1. The fraction of sp³-hybridized carbons (Fsp3) is 0.938. The molecule has 3 rings (SSSR count). The monoisotopic (exact) mass is 312 g/mol. The number of amides is 1. The van der Waals surface area contributed by atoms with E-state index < -0.39 is 10.8 Å². The van der Waals surface area contributed by atoms with Crippen LogP contribution in [-0.4, -0.2) is 63.6 Å². The predicted molar refractivity (Wildman–Crippen MR) is 85.6 cm³/mol. The van der Waals surface area contributed by atoms with Crippen molar-refractivity contribution < 1.29 is 9.00 Å². The number of nitrogens with zero attached hydrogens (tertiary/aromatic N) is 2. The molecule has 3 fully saturated rings. The minimum absolute atomic E-state index is 0.312. The van der Waals surface area contributed by atoms with E-state index in [1.165, 1.54) is 25.7 Å². The molecule has 4 nitrogen and oxygen atoms in total. The van der Waals surface area contributed by atoms with E-state index in [0.29, 0.717) is 18.5 Å². The summed E-state index contributed by atoms with van der Waals surface area (Å²) in [5.74, 6) is 3.28. The molecule has 1 aliphatic carbocycles. The van der Waals surface area contributed by atoms with Crippen molar-refractivity contribution in [2.45, 2.75) is 45.1 Å². The second-order valence-corrected chi connectivity index (χ2v) is 8.69. The first-order chi connectivity index (χ1) is 10.1. The Morgan fingerprint density at radius 3 is 2.57 bits per heavy atom. The van der Waals surface area contributed by atoms with Crippen molar-refractivity contribution in [1.82, 2.24) is 9.80 Å². The second kappa shape index (κ2) is 6.78. The van der Waals surface area contributed by atoms with Gasteiger partial charge in [0.1, 0.15) is 0 Å². The Balaban J connectivity index is 1.59. The van der Waals surface area contributed by atoms with Gasteiger partial charge >= 0.3 is 0 Å². The summed E-state index contributed by atoms with van der Waals surface area (Å²) in [5.41, 5.74) is 0. The van der Waals surface area contributed by atoms with Crippen molar-refractivity contribution >= 4 is 16.7 Å². The molecular weight excluding hydrogens is 284 g/mol. The molecule has 2 saturated heterocycles. The first-order valence-corrected chi connectivity index (χ1v) is 10.0. The van der Waals surface area contributed by atoms with E-state index in [1.54, 1.807) is 0 Å². The van der Waals surface area contributed by atoms with E-state index in [1.807, 2.05) is 0 Å². The summed E-state index contributed by atoms with van der Waals surface area (Å²) in [6, 6.07) is 0.494. The van der Waals surface area contributed by atoms with Gasteiger partial charge < -0.3 is 4.90 Å². The first-order valence-electron chi connectivity index (χ1n) is 8.52. The van der Waals surface area contributed by atoms with Crippen LogP contribution in [0.4, 0.5) is 0 Å². The van der Waals surface area contributed by atoms with Crippen molar-refractivity contribution in [2.75, 3.05) is 37.7 Å². The van der Waals surface area contributed by atoms with Gasteiger partial charge in [-0.15, -0.1) is 0 Å². The van der Waals surface area contributed by atoms with E-state index in [9.17, 15) is 9.00 Å². The molecule has 0 aromatic heterocycles. The number of rotatable bonds is 2. The molecule has 2 heterocycles. The van der Waals surface area contributed by atoms with Crippen molar-refractivity contribution in [3.63, 3.8) is 0 Å². The standard InChI is InChI=1S/C16H28N2O2S/c1-13-6-7-18(15-5-3-2-4-14(13)15)16(19)12-17-8-10-21(20)11-9-17/h13-15H,2-12H2,1H3/t13-,14-,15+/m1/s1. The van der Waals surface area contributed by atoms with Crippen LogP contribution in [0.3, 0.4) is 0 Å². The number of carbonyl (C=O) groups excluding carboxylic acids is 1. The minimum atomic E-state index is -0.658. The molecule has 0 unspecified atom stereocenters. The zero-order valence-electron chi connectivity index (χ0n) is 13.1. The van der Waals surface area contributed by atoms with Crippen molar-refractivity contribution in [3.8, 4) is 0 Å². The summed E-state index contributed by atoms with van der Waals surface area (Å²) < 4.78 is 11.4. The molecule has 0 aromatic carbocycles. The van der Waals surface area contributed by atoms with E-state index in [0.717, 1.165) is 49.4 Å². The molecule has 2 aliphatic heterocycles. The lowest BCUT2D eigenvalue weighted by molar-refractivity contribution is -0.140. The van der Waals surface area contributed by atoms with Crippen LogP contribution in [0.25, 0.3) is 0 Å². The Hall–Kier alpha value is -0.420. The van der Waals surface area contributed by atoms with Crippen LogP contribution in [-0.2, 0) is 15.6 Å². The summed E-state index contributed by atoms with van der Waals surface area (Å²) in [6.45, 7) is 5.48. The fourth-order valence-corrected chi connectivity index (χ4v) is 5.47. The van der Waals surface area contributed by atoms with E-state index in [2.05, 4.69) is 16.7 Å². The highest BCUT2D eigenvalue weighted by atomic mass is 32.2. The maximum absolute atomic E-state index is 12.7. The summed E-state index contributed by atoms with van der Waals surface area (Å²) in [4.78, 5) is 17.1. The summed E-state index contributed by atoms with van der Waals surface area (Å²) in [6.07, 6.45) is 6.28. The van der Waals surface area contributed by atoms with Crippen molar-refractivity contribution in [1.29, 1.82) is 0 Å². The zero-order valence-corrected chi connectivity index (χ0v) is 13.9. The Morgan fingerprint density at radius 1 is 1.10 bits per heavy atom. The largest absolute Gasteiger partial charge is 0.338 e. The SMILES string of the molecule is C[C@@H]1CCN(C(=O)CN2CCS(=O)CC2)[C@H]2CCCC[C@H]12. The third kappa shape index (κ3) is 3.50. The molecule has 0 radical (unpaired) electrons. The highest BCUT2D eigenvalue weighted by Gasteiger charge is 2.39. The highest BCUT2D eigenvalue weighted by Crippen LogP contribution is 2.38. The summed E-state index contributed by atoms with van der Waals surface area (Å²) in [7, 11) is -0.658. The Kier molecular flexibility index (Phi) is 4.99. The Labute approximate surface area is 130 Å². The Bertz CT molecular complexity index is 405. The van der Waals surface area contributed by atoms with Gasteiger partial charge in [-0.25, -0.2) is 0 Å². The lowest BCUT2D eigenvalue weighted by atomic mass is 9.72. The molecule has 3 atom stereocenters. The van der Waals surface area contributed by atoms with Gasteiger partial charge in [0.05, 0.1) is 6.54 Å². The predicted octanol–water partition coefficient (Wildman–Crippen LogP) is 1.48. The lowest BCUT2D eigenvalue weighted by Crippen LogP contribution is -2.55. The quantitative estimate of drug-likeness (QED) is 0.775. The average Bonchev–Trinajstić information content (AvgIpc) is 2.50. The van der Waals surface area contributed by atoms with Crippen LogP contribution in [0, 0.1) is 11.8 Å². The number of hydrogen-bond donors (Lipinski definition) is 0. The van der Waals surface area contributed by atoms with Crippen LogP contribution >= 0.6 is 0 Å². The molecule has 0 aromatic rings. The number of carbonyl (C=O) groups is 1. The number of piperidine rings is 1. The van der Waals surface area contributed by atoms with Crippen LogP contribution < -0.4 is 0 Å².